The van der Waals surface area contributed by atoms with Gasteiger partial charge >= 0.3 is 0 Å². The van der Waals surface area contributed by atoms with Crippen LogP contribution in [0, 0.1) is 23.6 Å². The van der Waals surface area contributed by atoms with Crippen molar-refractivity contribution in [3.8, 4) is 17.0 Å². The molecule has 152 valence electrons. The fourth-order valence-corrected chi connectivity index (χ4v) is 4.58. The van der Waals surface area contributed by atoms with Crippen LogP contribution in [0.1, 0.15) is 24.3 Å². The Bertz CT molecular complexity index is 1040. The van der Waals surface area contributed by atoms with Crippen LogP contribution in [0.15, 0.2) is 49.2 Å². The molecule has 2 aliphatic carbocycles. The maximum Gasteiger partial charge on any atom is 0.225 e. The van der Waals surface area contributed by atoms with Crippen LogP contribution in [0.2, 0.25) is 0 Å². The fourth-order valence-electron chi connectivity index (χ4n) is 4.58. The van der Waals surface area contributed by atoms with Crippen molar-refractivity contribution in [2.45, 2.75) is 18.8 Å². The predicted molar refractivity (Wildman–Crippen MR) is 110 cm³/mol. The Hall–Kier alpha value is -3.09. The zero-order valence-corrected chi connectivity index (χ0v) is 16.5. The number of rotatable bonds is 6. The van der Waals surface area contributed by atoms with Crippen molar-refractivity contribution in [3.05, 3.63) is 60.6 Å². The molecular weight excluding hydrogens is 381 g/mol. The van der Waals surface area contributed by atoms with Crippen molar-refractivity contribution in [1.82, 2.24) is 19.9 Å². The van der Waals surface area contributed by atoms with E-state index in [2.05, 4.69) is 24.8 Å². The van der Waals surface area contributed by atoms with E-state index in [4.69, 9.17) is 4.74 Å². The molecule has 3 aliphatic rings. The molecule has 2 saturated carbocycles. The first-order valence-corrected chi connectivity index (χ1v) is 10.5. The summed E-state index contributed by atoms with van der Waals surface area (Å²) in [6.07, 6.45) is 11.0. The third-order valence-electron chi connectivity index (χ3n) is 6.59. The highest BCUT2D eigenvalue weighted by Crippen LogP contribution is 2.52. The molecule has 0 aromatic carbocycles. The van der Waals surface area contributed by atoms with Crippen LogP contribution in [0.25, 0.3) is 11.3 Å². The topological polar surface area (TPSA) is 64.0 Å². The van der Waals surface area contributed by atoms with Gasteiger partial charge in [0.2, 0.25) is 5.95 Å². The summed E-state index contributed by atoms with van der Waals surface area (Å²) in [5, 5.41) is 0. The minimum Gasteiger partial charge on any atom is -0.492 e. The van der Waals surface area contributed by atoms with Gasteiger partial charge in [0.25, 0.3) is 0 Å². The van der Waals surface area contributed by atoms with E-state index in [9.17, 15) is 4.39 Å². The summed E-state index contributed by atoms with van der Waals surface area (Å²) in [6.45, 7) is 2.69. The van der Waals surface area contributed by atoms with E-state index in [1.807, 2.05) is 18.5 Å². The smallest absolute Gasteiger partial charge is 0.225 e. The van der Waals surface area contributed by atoms with Crippen LogP contribution in [0.3, 0.4) is 0 Å². The molecule has 4 heterocycles. The number of ether oxygens (including phenoxy) is 1. The first-order chi connectivity index (χ1) is 14.8. The molecule has 0 N–H and O–H groups in total. The lowest BCUT2D eigenvalue weighted by Crippen LogP contribution is -2.27. The number of fused-ring (bicyclic) bond motifs is 1. The number of halogens is 1. The van der Waals surface area contributed by atoms with Gasteiger partial charge in [0.15, 0.2) is 5.82 Å². The van der Waals surface area contributed by atoms with E-state index in [-0.39, 0.29) is 5.82 Å². The van der Waals surface area contributed by atoms with Gasteiger partial charge in [-0.05, 0) is 54.4 Å². The average molecular weight is 403 g/mol. The lowest BCUT2D eigenvalue weighted by Gasteiger charge is -2.20. The first kappa shape index (κ1) is 17.7. The van der Waals surface area contributed by atoms with E-state index >= 15 is 0 Å². The van der Waals surface area contributed by atoms with Crippen LogP contribution < -0.4 is 9.64 Å². The minimum absolute atomic E-state index is 0.375. The molecule has 6 nitrogen and oxygen atoms in total. The molecule has 0 spiro atoms. The molecule has 3 aromatic rings. The van der Waals surface area contributed by atoms with Gasteiger partial charge in [-0.2, -0.15) is 0 Å². The molecule has 6 rings (SSSR count). The number of nitrogens with zero attached hydrogens (tertiary/aromatic N) is 5. The highest BCUT2D eigenvalue weighted by atomic mass is 19.1. The third kappa shape index (κ3) is 3.28. The summed E-state index contributed by atoms with van der Waals surface area (Å²) in [4.78, 5) is 19.6. The standard InChI is InChI=1S/C23H22FN5O/c24-21-10-25-6-5-17(21)22-4-3-16(9-26-22)30-13-20-18-11-29(12-19(18)20)23-27-7-15(8-28-23)14-1-2-14/h3-10,14,18-20H,1-2,11-13H2/t18-,19?,20+/m1/s1. The minimum atomic E-state index is -0.375. The van der Waals surface area contributed by atoms with Crippen LogP contribution in [0.5, 0.6) is 5.75 Å². The van der Waals surface area contributed by atoms with Crippen molar-refractivity contribution in [2.24, 2.45) is 17.8 Å². The Morgan fingerprint density at radius 3 is 2.43 bits per heavy atom. The zero-order valence-electron chi connectivity index (χ0n) is 16.5. The van der Waals surface area contributed by atoms with Crippen LogP contribution >= 0.6 is 0 Å². The van der Waals surface area contributed by atoms with Gasteiger partial charge in [0.05, 0.1) is 24.7 Å². The molecule has 30 heavy (non-hydrogen) atoms. The lowest BCUT2D eigenvalue weighted by molar-refractivity contribution is 0.282. The SMILES string of the molecule is Fc1cnccc1-c1ccc(OC[C@@H]2C3CN(c4ncc(C5CC5)cn4)C[C@H]32)cn1. The zero-order chi connectivity index (χ0) is 20.1. The van der Waals surface area contributed by atoms with Crippen molar-refractivity contribution < 1.29 is 9.13 Å². The van der Waals surface area contributed by atoms with Gasteiger partial charge in [-0.1, -0.05) is 0 Å². The van der Waals surface area contributed by atoms with E-state index in [1.54, 1.807) is 24.5 Å². The number of pyridine rings is 2. The fraction of sp³-hybridized carbons (Fsp3) is 0.391. The Balaban J connectivity index is 1.02. The van der Waals surface area contributed by atoms with E-state index in [0.717, 1.165) is 19.0 Å². The van der Waals surface area contributed by atoms with E-state index in [0.29, 0.717) is 47.3 Å². The molecular formula is C23H22FN5O. The maximum atomic E-state index is 13.8. The number of hydrogen-bond donors (Lipinski definition) is 0. The molecule has 0 amide bonds. The van der Waals surface area contributed by atoms with Gasteiger partial charge in [0.1, 0.15) is 5.75 Å². The summed E-state index contributed by atoms with van der Waals surface area (Å²) < 4.78 is 19.8. The molecule has 1 saturated heterocycles. The monoisotopic (exact) mass is 403 g/mol. The molecule has 3 atom stereocenters. The second kappa shape index (κ2) is 7.00. The first-order valence-electron chi connectivity index (χ1n) is 10.5. The average Bonchev–Trinajstić information content (AvgIpc) is 3.70. The van der Waals surface area contributed by atoms with Crippen molar-refractivity contribution >= 4 is 5.95 Å². The van der Waals surface area contributed by atoms with Gasteiger partial charge in [-0.25, -0.2) is 14.4 Å². The summed E-state index contributed by atoms with van der Waals surface area (Å²) in [5.74, 6) is 3.76. The van der Waals surface area contributed by atoms with Gasteiger partial charge < -0.3 is 9.64 Å². The third-order valence-corrected chi connectivity index (χ3v) is 6.59. The predicted octanol–water partition coefficient (Wildman–Crippen LogP) is 3.71. The van der Waals surface area contributed by atoms with Gasteiger partial charge in [-0.3, -0.25) is 9.97 Å². The quantitative estimate of drug-likeness (QED) is 0.625. The summed E-state index contributed by atoms with van der Waals surface area (Å²) in [6, 6.07) is 5.26. The second-order valence-corrected chi connectivity index (χ2v) is 8.53. The summed E-state index contributed by atoms with van der Waals surface area (Å²) in [7, 11) is 0. The van der Waals surface area contributed by atoms with Crippen molar-refractivity contribution in [2.75, 3.05) is 24.6 Å². The van der Waals surface area contributed by atoms with Crippen LogP contribution in [0.4, 0.5) is 10.3 Å². The van der Waals surface area contributed by atoms with E-state index < -0.39 is 0 Å². The normalized spacial score (nSPS) is 24.6. The Morgan fingerprint density at radius 1 is 0.967 bits per heavy atom. The molecule has 0 bridgehead atoms. The number of piperidine rings is 1. The van der Waals surface area contributed by atoms with Crippen LogP contribution in [-0.4, -0.2) is 39.6 Å². The Labute approximate surface area is 174 Å². The number of anilines is 1. The highest BCUT2D eigenvalue weighted by molar-refractivity contribution is 5.59. The Kier molecular flexibility index (Phi) is 4.14. The summed E-state index contributed by atoms with van der Waals surface area (Å²) >= 11 is 0. The molecule has 3 fully saturated rings. The molecule has 1 unspecified atom stereocenters. The van der Waals surface area contributed by atoms with E-state index in [1.165, 1.54) is 24.6 Å². The lowest BCUT2D eigenvalue weighted by atomic mass is 10.2. The van der Waals surface area contributed by atoms with Crippen LogP contribution in [-0.2, 0) is 0 Å². The van der Waals surface area contributed by atoms with Gasteiger partial charge in [-0.15, -0.1) is 0 Å². The van der Waals surface area contributed by atoms with Gasteiger partial charge in [0, 0.05) is 43.2 Å². The highest BCUT2D eigenvalue weighted by Gasteiger charge is 2.56. The van der Waals surface area contributed by atoms with Crippen molar-refractivity contribution in [3.63, 3.8) is 0 Å². The Morgan fingerprint density at radius 2 is 1.77 bits per heavy atom. The summed E-state index contributed by atoms with van der Waals surface area (Å²) in [5.41, 5.74) is 2.30. The molecule has 0 radical (unpaired) electrons. The molecule has 7 heteroatoms. The molecule has 1 aliphatic heterocycles. The van der Waals surface area contributed by atoms with Crippen molar-refractivity contribution in [1.29, 1.82) is 0 Å². The second-order valence-electron chi connectivity index (χ2n) is 8.53. The maximum absolute atomic E-state index is 13.8. The number of aromatic nitrogens is 4. The molecule has 3 aromatic heterocycles. The number of hydrogen-bond acceptors (Lipinski definition) is 6. The largest absolute Gasteiger partial charge is 0.492 e.